The summed E-state index contributed by atoms with van der Waals surface area (Å²) < 4.78 is 17.8. The summed E-state index contributed by atoms with van der Waals surface area (Å²) in [7, 11) is -3.28. The smallest absolute Gasteiger partial charge is 0.312 e. The van der Waals surface area contributed by atoms with Crippen LogP contribution in [0.1, 0.15) is 55.4 Å². The van der Waals surface area contributed by atoms with E-state index in [0.29, 0.717) is 0 Å². The van der Waals surface area contributed by atoms with Crippen LogP contribution in [0.4, 0.5) is 0 Å². The standard InChI is InChI=1S/C3H9N.4C2H6.2H3O4P/c1-4(2)3;4*1-2;2*1-5(2,3)4/h1-3H3;4*1-2H3;2*(H3,1,2,3,4). The molecule has 6 N–H and O–H groups in total. The molecule has 0 saturated carbocycles. The molecule has 0 atom stereocenters. The zero-order valence-corrected chi connectivity index (χ0v) is 17.6. The van der Waals surface area contributed by atoms with Crippen LogP contribution < -0.4 is 0 Å². The van der Waals surface area contributed by atoms with Gasteiger partial charge in [0.1, 0.15) is 0 Å². The van der Waals surface area contributed by atoms with E-state index in [1.807, 2.05) is 81.4 Å². The largest absolute Gasteiger partial charge is 0.466 e. The number of hydrogen-bond donors (Lipinski definition) is 6. The third kappa shape index (κ3) is 229000. The van der Waals surface area contributed by atoms with Crippen molar-refractivity contribution >= 4 is 15.6 Å². The fourth-order valence-corrected chi connectivity index (χ4v) is 0. The van der Waals surface area contributed by atoms with Crippen molar-refractivity contribution in [2.75, 3.05) is 21.1 Å². The Kier molecular flexibility index (Phi) is 73.5. The van der Waals surface area contributed by atoms with E-state index < -0.39 is 15.6 Å². The highest BCUT2D eigenvalue weighted by molar-refractivity contribution is 7.45. The lowest BCUT2D eigenvalue weighted by Crippen LogP contribution is -1.99. The Balaban J connectivity index is -0.0000000251. The molecule has 0 aromatic heterocycles. The molecule has 11 heteroatoms. The molecule has 0 radical (unpaired) electrons. The number of hydrogen-bond acceptors (Lipinski definition) is 3. The van der Waals surface area contributed by atoms with Crippen LogP contribution in [0.2, 0.25) is 0 Å². The molecule has 0 amide bonds. The van der Waals surface area contributed by atoms with Crippen LogP contribution in [0.5, 0.6) is 0 Å². The summed E-state index contributed by atoms with van der Waals surface area (Å²) in [5, 5.41) is 0. The lowest BCUT2D eigenvalue weighted by molar-refractivity contribution is 0.272. The summed E-state index contributed by atoms with van der Waals surface area (Å²) in [6.45, 7) is 16.0. The van der Waals surface area contributed by atoms with E-state index in [-0.39, 0.29) is 0 Å². The summed E-state index contributed by atoms with van der Waals surface area (Å²) >= 11 is 0. The maximum Gasteiger partial charge on any atom is 0.466 e. The summed E-state index contributed by atoms with van der Waals surface area (Å²) in [4.78, 5) is 45.1. The summed E-state index contributed by atoms with van der Waals surface area (Å²) in [6, 6.07) is 0. The van der Waals surface area contributed by atoms with Crippen molar-refractivity contribution in [3.63, 3.8) is 0 Å². The molecule has 146 valence electrons. The predicted molar refractivity (Wildman–Crippen MR) is 93.5 cm³/mol. The summed E-state index contributed by atoms with van der Waals surface area (Å²) in [5.74, 6) is 0. The lowest BCUT2D eigenvalue weighted by atomic mass is 11.0. The first-order valence-corrected chi connectivity index (χ1v) is 10.0. The Morgan fingerprint density at radius 3 is 0.500 bits per heavy atom. The van der Waals surface area contributed by atoms with E-state index in [4.69, 9.17) is 38.5 Å². The van der Waals surface area contributed by atoms with Gasteiger partial charge in [0.15, 0.2) is 0 Å². The molecule has 9 nitrogen and oxygen atoms in total. The molecule has 0 aliphatic heterocycles. The van der Waals surface area contributed by atoms with Gasteiger partial charge in [0, 0.05) is 0 Å². The zero-order chi connectivity index (χ0) is 20.6. The number of rotatable bonds is 0. The van der Waals surface area contributed by atoms with Crippen LogP contribution >= 0.6 is 15.6 Å². The first-order chi connectivity index (χ1) is 9.73. The Hall–Kier alpha value is 0.180. The third-order valence-electron chi connectivity index (χ3n) is 0. The zero-order valence-electron chi connectivity index (χ0n) is 15.8. The molecule has 0 aliphatic rings. The second kappa shape index (κ2) is 37.4. The number of phosphoric acid groups is 2. The van der Waals surface area contributed by atoms with Crippen molar-refractivity contribution in [2.24, 2.45) is 0 Å². The van der Waals surface area contributed by atoms with Crippen LogP contribution in [-0.4, -0.2) is 55.4 Å². The van der Waals surface area contributed by atoms with Gasteiger partial charge in [0.2, 0.25) is 0 Å². The molecule has 0 aromatic carbocycles. The average molecular weight is 375 g/mol. The normalized spacial score (nSPS) is 8.09. The highest BCUT2D eigenvalue weighted by Gasteiger charge is 2.00. The molecular weight excluding hydrogens is 336 g/mol. The predicted octanol–water partition coefficient (Wildman–Crippen LogP) is 2.43. The van der Waals surface area contributed by atoms with Crippen molar-refractivity contribution < 1.29 is 38.5 Å². The highest BCUT2D eigenvalue weighted by atomic mass is 31.2. The van der Waals surface area contributed by atoms with Gasteiger partial charge in [-0.25, -0.2) is 9.13 Å². The van der Waals surface area contributed by atoms with Gasteiger partial charge >= 0.3 is 15.6 Å². The van der Waals surface area contributed by atoms with E-state index in [2.05, 4.69) is 0 Å². The Labute approximate surface area is 136 Å². The highest BCUT2D eigenvalue weighted by Crippen LogP contribution is 2.26. The quantitative estimate of drug-likeness (QED) is 0.350. The van der Waals surface area contributed by atoms with Crippen LogP contribution in [0.25, 0.3) is 0 Å². The second-order valence-corrected chi connectivity index (χ2v) is 4.42. The summed E-state index contributed by atoms with van der Waals surface area (Å²) in [6.07, 6.45) is 0. The summed E-state index contributed by atoms with van der Waals surface area (Å²) in [5.41, 5.74) is 0. The van der Waals surface area contributed by atoms with Crippen molar-refractivity contribution in [3.8, 4) is 0 Å². The van der Waals surface area contributed by atoms with Gasteiger partial charge in [-0.3, -0.25) is 0 Å². The van der Waals surface area contributed by atoms with Gasteiger partial charge in [-0.1, -0.05) is 55.4 Å². The molecule has 0 fully saturated rings. The van der Waals surface area contributed by atoms with E-state index in [9.17, 15) is 0 Å². The van der Waals surface area contributed by atoms with E-state index >= 15 is 0 Å². The lowest BCUT2D eigenvalue weighted by Gasteiger charge is -1.90. The van der Waals surface area contributed by atoms with Gasteiger partial charge in [-0.2, -0.15) is 0 Å². The minimum atomic E-state index is -4.64. The Morgan fingerprint density at radius 2 is 0.500 bits per heavy atom. The van der Waals surface area contributed by atoms with E-state index in [1.165, 1.54) is 0 Å². The fraction of sp³-hybridized carbons (Fsp3) is 1.00. The van der Waals surface area contributed by atoms with Crippen LogP contribution in [0.15, 0.2) is 0 Å². The molecule has 0 rings (SSSR count). The van der Waals surface area contributed by atoms with Crippen molar-refractivity contribution in [1.29, 1.82) is 0 Å². The minimum absolute atomic E-state index is 2.00. The van der Waals surface area contributed by atoms with Gasteiger partial charge in [-0.15, -0.1) is 0 Å². The molecule has 0 bridgehead atoms. The molecule has 0 aliphatic carbocycles. The van der Waals surface area contributed by atoms with Gasteiger partial charge in [-0.05, 0) is 21.1 Å². The molecule has 0 heterocycles. The fourth-order valence-electron chi connectivity index (χ4n) is 0. The van der Waals surface area contributed by atoms with E-state index in [1.54, 1.807) is 0 Å². The van der Waals surface area contributed by atoms with Crippen molar-refractivity contribution in [3.05, 3.63) is 0 Å². The molecule has 0 unspecified atom stereocenters. The maximum atomic E-state index is 8.88. The molecule has 0 spiro atoms. The van der Waals surface area contributed by atoms with Gasteiger partial charge in [0.05, 0.1) is 0 Å². The SMILES string of the molecule is CC.CC.CC.CC.CN(C)C.O=P(O)(O)O.O=P(O)(O)O. The van der Waals surface area contributed by atoms with Crippen LogP contribution in [0, 0.1) is 0 Å². The first-order valence-electron chi connectivity index (χ1n) is 6.91. The third-order valence-corrected chi connectivity index (χ3v) is 0. The maximum absolute atomic E-state index is 8.88. The van der Waals surface area contributed by atoms with Crippen molar-refractivity contribution in [1.82, 2.24) is 4.90 Å². The average Bonchev–Trinajstić information content (AvgIpc) is 2.34. The molecule has 0 aromatic rings. The van der Waals surface area contributed by atoms with E-state index in [0.717, 1.165) is 0 Å². The van der Waals surface area contributed by atoms with Gasteiger partial charge in [0.25, 0.3) is 0 Å². The Morgan fingerprint density at radius 1 is 0.500 bits per heavy atom. The molecule has 22 heavy (non-hydrogen) atoms. The van der Waals surface area contributed by atoms with Gasteiger partial charge < -0.3 is 34.3 Å². The topological polar surface area (TPSA) is 159 Å². The molecule has 0 saturated heterocycles. The van der Waals surface area contributed by atoms with Crippen LogP contribution in [-0.2, 0) is 9.13 Å². The minimum Gasteiger partial charge on any atom is -0.312 e. The first kappa shape index (κ1) is 43.2. The molecular formula is C11H39NO8P2. The second-order valence-electron chi connectivity index (χ2n) is 2.37. The Bertz CT molecular complexity index is 177. The number of nitrogens with zero attached hydrogens (tertiary/aromatic N) is 1. The monoisotopic (exact) mass is 375 g/mol. The van der Waals surface area contributed by atoms with Crippen molar-refractivity contribution in [2.45, 2.75) is 55.4 Å². The van der Waals surface area contributed by atoms with Crippen LogP contribution in [0.3, 0.4) is 0 Å².